The normalized spacial score (nSPS) is 11.4. The molecule has 0 fully saturated rings. The molecule has 0 radical (unpaired) electrons. The molecule has 0 unspecified atom stereocenters. The number of fused-ring (bicyclic) bond motifs is 2. The standard InChI is InChI=1S/C20H25N5O2/c1-5-6-9-24-16(21)14(19(26)22-12(2)3)11-15-18(24)23-17-13(4)8-7-10-25(17)20(15)27/h7-8,10-12,21H,5-6,9H2,1-4H3,(H,22,26). The zero-order valence-electron chi connectivity index (χ0n) is 16.2. The Labute approximate surface area is 157 Å². The molecule has 3 heterocycles. The van der Waals surface area contributed by atoms with Gasteiger partial charge in [0.1, 0.15) is 16.8 Å². The van der Waals surface area contributed by atoms with E-state index in [-0.39, 0.29) is 28.6 Å². The molecule has 0 saturated heterocycles. The summed E-state index contributed by atoms with van der Waals surface area (Å²) in [5.74, 6) is -0.351. The van der Waals surface area contributed by atoms with E-state index in [1.807, 2.05) is 26.8 Å². The van der Waals surface area contributed by atoms with Crippen LogP contribution in [0.3, 0.4) is 0 Å². The SMILES string of the molecule is CCCCn1c(=N)c(C(=O)NC(C)C)cc2c(=O)n3cccc(C)c3nc21. The molecule has 1 amide bonds. The van der Waals surface area contributed by atoms with Gasteiger partial charge in [-0.15, -0.1) is 0 Å². The first-order valence-corrected chi connectivity index (χ1v) is 9.26. The zero-order chi connectivity index (χ0) is 19.7. The van der Waals surface area contributed by atoms with Gasteiger partial charge in [-0.2, -0.15) is 0 Å². The summed E-state index contributed by atoms with van der Waals surface area (Å²) in [5.41, 5.74) is 1.94. The van der Waals surface area contributed by atoms with Gasteiger partial charge in [0.15, 0.2) is 0 Å². The summed E-state index contributed by atoms with van der Waals surface area (Å²) in [6, 6.07) is 5.14. The maximum absolute atomic E-state index is 13.1. The van der Waals surface area contributed by atoms with Crippen molar-refractivity contribution < 1.29 is 4.79 Å². The van der Waals surface area contributed by atoms with Crippen LogP contribution in [0.2, 0.25) is 0 Å². The van der Waals surface area contributed by atoms with E-state index < -0.39 is 0 Å². The molecule has 0 atom stereocenters. The lowest BCUT2D eigenvalue weighted by Gasteiger charge is -2.15. The minimum atomic E-state index is -0.351. The molecule has 142 valence electrons. The van der Waals surface area contributed by atoms with Gasteiger partial charge >= 0.3 is 0 Å². The zero-order valence-corrected chi connectivity index (χ0v) is 16.2. The summed E-state index contributed by atoms with van der Waals surface area (Å²) in [6.45, 7) is 8.21. The van der Waals surface area contributed by atoms with Crippen molar-refractivity contribution in [1.82, 2.24) is 19.3 Å². The van der Waals surface area contributed by atoms with Gasteiger partial charge < -0.3 is 9.88 Å². The fourth-order valence-corrected chi connectivity index (χ4v) is 3.14. The van der Waals surface area contributed by atoms with Crippen LogP contribution in [0.15, 0.2) is 29.2 Å². The predicted molar refractivity (Wildman–Crippen MR) is 105 cm³/mol. The summed E-state index contributed by atoms with van der Waals surface area (Å²) in [7, 11) is 0. The first-order chi connectivity index (χ1) is 12.8. The lowest BCUT2D eigenvalue weighted by molar-refractivity contribution is 0.0940. The van der Waals surface area contributed by atoms with Crippen molar-refractivity contribution in [1.29, 1.82) is 5.41 Å². The van der Waals surface area contributed by atoms with E-state index in [9.17, 15) is 9.59 Å². The van der Waals surface area contributed by atoms with E-state index >= 15 is 0 Å². The molecule has 27 heavy (non-hydrogen) atoms. The molecule has 0 spiro atoms. The first kappa shape index (κ1) is 18.8. The number of aryl methyl sites for hydroxylation is 2. The van der Waals surface area contributed by atoms with E-state index in [0.29, 0.717) is 23.2 Å². The van der Waals surface area contributed by atoms with Crippen LogP contribution in [-0.2, 0) is 6.54 Å². The molecule has 7 heteroatoms. The molecule has 0 aliphatic rings. The summed E-state index contributed by atoms with van der Waals surface area (Å²) < 4.78 is 3.18. The summed E-state index contributed by atoms with van der Waals surface area (Å²) in [4.78, 5) is 30.4. The van der Waals surface area contributed by atoms with Crippen LogP contribution < -0.4 is 16.4 Å². The summed E-state index contributed by atoms with van der Waals surface area (Å²) >= 11 is 0. The quantitative estimate of drug-likeness (QED) is 0.678. The molecule has 3 rings (SSSR count). The van der Waals surface area contributed by atoms with Crippen molar-refractivity contribution in [2.75, 3.05) is 0 Å². The van der Waals surface area contributed by atoms with E-state index in [1.165, 1.54) is 10.5 Å². The van der Waals surface area contributed by atoms with Gasteiger partial charge in [0, 0.05) is 18.8 Å². The number of nitrogens with one attached hydrogen (secondary N) is 2. The Bertz CT molecular complexity index is 1140. The van der Waals surface area contributed by atoms with Crippen LogP contribution in [0.25, 0.3) is 16.7 Å². The van der Waals surface area contributed by atoms with Crippen LogP contribution in [-0.4, -0.2) is 25.9 Å². The highest BCUT2D eigenvalue weighted by Gasteiger charge is 2.18. The fraction of sp³-hybridized carbons (Fsp3) is 0.400. The molecular formula is C20H25N5O2. The highest BCUT2D eigenvalue weighted by atomic mass is 16.1. The molecule has 3 aromatic heterocycles. The number of nitrogens with zero attached hydrogens (tertiary/aromatic N) is 3. The van der Waals surface area contributed by atoms with Crippen LogP contribution in [0.4, 0.5) is 0 Å². The number of carbonyl (C=O) groups is 1. The average molecular weight is 367 g/mol. The summed E-state index contributed by atoms with van der Waals surface area (Å²) in [5, 5.41) is 11.7. The lowest BCUT2D eigenvalue weighted by Crippen LogP contribution is -2.37. The third-order valence-corrected chi connectivity index (χ3v) is 4.53. The van der Waals surface area contributed by atoms with Gasteiger partial charge in [-0.25, -0.2) is 4.98 Å². The maximum atomic E-state index is 13.1. The predicted octanol–water partition coefficient (Wildman–Crippen LogP) is 2.38. The topological polar surface area (TPSA) is 92.2 Å². The number of pyridine rings is 2. The van der Waals surface area contributed by atoms with Gasteiger partial charge in [0.05, 0.1) is 10.9 Å². The molecular weight excluding hydrogens is 342 g/mol. The number of rotatable bonds is 5. The van der Waals surface area contributed by atoms with Gasteiger partial charge in [-0.3, -0.25) is 19.4 Å². The van der Waals surface area contributed by atoms with Gasteiger partial charge in [-0.1, -0.05) is 19.4 Å². The Hall–Kier alpha value is -2.96. The van der Waals surface area contributed by atoms with E-state index in [2.05, 4.69) is 17.2 Å². The van der Waals surface area contributed by atoms with Crippen molar-refractivity contribution >= 4 is 22.6 Å². The first-order valence-electron chi connectivity index (χ1n) is 9.26. The highest BCUT2D eigenvalue weighted by Crippen LogP contribution is 2.13. The Morgan fingerprint density at radius 3 is 2.74 bits per heavy atom. The Morgan fingerprint density at radius 2 is 2.07 bits per heavy atom. The Kier molecular flexibility index (Phi) is 5.12. The Balaban J connectivity index is 2.41. The van der Waals surface area contributed by atoms with E-state index in [1.54, 1.807) is 16.8 Å². The fourth-order valence-electron chi connectivity index (χ4n) is 3.14. The second-order valence-electron chi connectivity index (χ2n) is 7.08. The summed E-state index contributed by atoms with van der Waals surface area (Å²) in [6.07, 6.45) is 3.44. The average Bonchev–Trinajstić information content (AvgIpc) is 2.61. The van der Waals surface area contributed by atoms with Crippen molar-refractivity contribution in [2.24, 2.45) is 0 Å². The third-order valence-electron chi connectivity index (χ3n) is 4.53. The number of amides is 1. The largest absolute Gasteiger partial charge is 0.350 e. The number of aromatic nitrogens is 3. The van der Waals surface area contributed by atoms with Crippen molar-refractivity contribution in [3.63, 3.8) is 0 Å². The maximum Gasteiger partial charge on any atom is 0.267 e. The number of unbranched alkanes of at least 4 members (excludes halogenated alkanes) is 1. The van der Waals surface area contributed by atoms with Crippen molar-refractivity contribution in [2.45, 2.75) is 53.1 Å². The smallest absolute Gasteiger partial charge is 0.267 e. The highest BCUT2D eigenvalue weighted by molar-refractivity contribution is 5.97. The number of carbonyl (C=O) groups excluding carboxylic acids is 1. The van der Waals surface area contributed by atoms with Crippen LogP contribution in [0, 0.1) is 12.3 Å². The molecule has 0 bridgehead atoms. The molecule has 2 N–H and O–H groups in total. The van der Waals surface area contributed by atoms with Crippen molar-refractivity contribution in [3.05, 3.63) is 51.4 Å². The number of hydrogen-bond acceptors (Lipinski definition) is 4. The second-order valence-corrected chi connectivity index (χ2v) is 7.08. The minimum absolute atomic E-state index is 0.0600. The van der Waals surface area contributed by atoms with Gasteiger partial charge in [-0.05, 0) is 44.9 Å². The molecule has 0 aliphatic carbocycles. The minimum Gasteiger partial charge on any atom is -0.350 e. The monoisotopic (exact) mass is 367 g/mol. The number of hydrogen-bond donors (Lipinski definition) is 2. The molecule has 0 aromatic carbocycles. The van der Waals surface area contributed by atoms with Crippen LogP contribution >= 0.6 is 0 Å². The van der Waals surface area contributed by atoms with E-state index in [0.717, 1.165) is 18.4 Å². The van der Waals surface area contributed by atoms with Crippen LogP contribution in [0.5, 0.6) is 0 Å². The Morgan fingerprint density at radius 1 is 1.33 bits per heavy atom. The third kappa shape index (κ3) is 3.37. The lowest BCUT2D eigenvalue weighted by atomic mass is 10.1. The van der Waals surface area contributed by atoms with Crippen molar-refractivity contribution in [3.8, 4) is 0 Å². The van der Waals surface area contributed by atoms with E-state index in [4.69, 9.17) is 5.41 Å². The van der Waals surface area contributed by atoms with Gasteiger partial charge in [0.25, 0.3) is 11.5 Å². The molecule has 3 aromatic rings. The molecule has 0 aliphatic heterocycles. The second kappa shape index (κ2) is 7.34. The van der Waals surface area contributed by atoms with Crippen LogP contribution in [0.1, 0.15) is 49.5 Å². The molecule has 0 saturated carbocycles. The van der Waals surface area contributed by atoms with Gasteiger partial charge in [0.2, 0.25) is 0 Å². The molecule has 7 nitrogen and oxygen atoms in total.